The fourth-order valence-electron chi connectivity index (χ4n) is 0.535. The highest BCUT2D eigenvalue weighted by Crippen LogP contribution is 2.19. The molecular formula is C7H4ClNS. The van der Waals surface area contributed by atoms with Gasteiger partial charge in [0.1, 0.15) is 0 Å². The molecule has 50 valence electrons. The molecule has 0 fully saturated rings. The highest BCUT2D eigenvalue weighted by atomic mass is 35.5. The quantitative estimate of drug-likeness (QED) is 0.593. The van der Waals surface area contributed by atoms with Crippen LogP contribution in [0.5, 0.6) is 0 Å². The smallest absolute Gasteiger partial charge is 0.0912 e. The predicted molar refractivity (Wildman–Crippen MR) is 44.0 cm³/mol. The van der Waals surface area contributed by atoms with E-state index in [0.717, 1.165) is 9.90 Å². The Bertz CT molecular complexity index is 282. The van der Waals surface area contributed by atoms with Crippen molar-refractivity contribution in [2.24, 2.45) is 0 Å². The number of thiophene rings is 1. The van der Waals surface area contributed by atoms with Crippen LogP contribution >= 0.6 is 22.9 Å². The molecule has 0 aromatic carbocycles. The van der Waals surface area contributed by atoms with E-state index in [9.17, 15) is 0 Å². The van der Waals surface area contributed by atoms with Crippen LogP contribution in [0.4, 0.5) is 0 Å². The van der Waals surface area contributed by atoms with E-state index in [0.29, 0.717) is 0 Å². The molecule has 1 heterocycles. The van der Waals surface area contributed by atoms with Gasteiger partial charge in [0.05, 0.1) is 11.1 Å². The van der Waals surface area contributed by atoms with Crippen molar-refractivity contribution in [3.8, 4) is 6.07 Å². The maximum Gasteiger partial charge on any atom is 0.0912 e. The Morgan fingerprint density at radius 2 is 2.50 bits per heavy atom. The van der Waals surface area contributed by atoms with Crippen molar-refractivity contribution in [1.82, 2.24) is 0 Å². The first-order valence-electron chi connectivity index (χ1n) is 2.63. The molecule has 0 atom stereocenters. The fourth-order valence-corrected chi connectivity index (χ4v) is 1.51. The minimum atomic E-state index is 0.725. The largest absolute Gasteiger partial charge is 0.193 e. The third-order valence-corrected chi connectivity index (χ3v) is 2.16. The summed E-state index contributed by atoms with van der Waals surface area (Å²) in [5.41, 5.74) is 0. The van der Waals surface area contributed by atoms with Gasteiger partial charge in [-0.3, -0.25) is 0 Å². The summed E-state index contributed by atoms with van der Waals surface area (Å²) in [6, 6.07) is 3.73. The van der Waals surface area contributed by atoms with E-state index in [-0.39, 0.29) is 0 Å². The van der Waals surface area contributed by atoms with Crippen LogP contribution in [0.15, 0.2) is 17.5 Å². The maximum atomic E-state index is 8.17. The number of nitrogens with zero attached hydrogens (tertiary/aromatic N) is 1. The normalized spacial score (nSPS) is 10.0. The molecule has 1 rings (SSSR count). The number of allylic oxidation sites excluding steroid dienone is 1. The third kappa shape index (κ3) is 1.87. The molecular weight excluding hydrogens is 166 g/mol. The van der Waals surface area contributed by atoms with Crippen molar-refractivity contribution in [2.75, 3.05) is 0 Å². The van der Waals surface area contributed by atoms with Crippen LogP contribution in [0.25, 0.3) is 6.08 Å². The van der Waals surface area contributed by atoms with Gasteiger partial charge in [-0.2, -0.15) is 5.26 Å². The van der Waals surface area contributed by atoms with E-state index in [1.54, 1.807) is 6.08 Å². The zero-order valence-electron chi connectivity index (χ0n) is 5.04. The molecule has 0 unspecified atom stereocenters. The minimum absolute atomic E-state index is 0.725. The first kappa shape index (κ1) is 7.33. The summed E-state index contributed by atoms with van der Waals surface area (Å²) >= 11 is 7.15. The van der Waals surface area contributed by atoms with Crippen molar-refractivity contribution in [2.45, 2.75) is 0 Å². The summed E-state index contributed by atoms with van der Waals surface area (Å²) in [6.07, 6.45) is 3.17. The fraction of sp³-hybridized carbons (Fsp3) is 0. The molecule has 0 amide bonds. The van der Waals surface area contributed by atoms with Gasteiger partial charge in [-0.25, -0.2) is 0 Å². The lowest BCUT2D eigenvalue weighted by molar-refractivity contribution is 1.54. The van der Waals surface area contributed by atoms with Crippen molar-refractivity contribution in [3.63, 3.8) is 0 Å². The van der Waals surface area contributed by atoms with E-state index in [1.807, 2.05) is 17.5 Å². The Kier molecular flexibility index (Phi) is 2.49. The van der Waals surface area contributed by atoms with Crippen LogP contribution in [0.2, 0.25) is 5.02 Å². The highest BCUT2D eigenvalue weighted by Gasteiger charge is 1.90. The topological polar surface area (TPSA) is 23.8 Å². The Morgan fingerprint density at radius 1 is 1.70 bits per heavy atom. The Morgan fingerprint density at radius 3 is 3.00 bits per heavy atom. The van der Waals surface area contributed by atoms with Crippen molar-refractivity contribution >= 4 is 29.0 Å². The number of halogens is 1. The van der Waals surface area contributed by atoms with Crippen molar-refractivity contribution in [1.29, 1.82) is 5.26 Å². The van der Waals surface area contributed by atoms with Gasteiger partial charge in [-0.1, -0.05) is 11.6 Å². The molecule has 0 radical (unpaired) electrons. The average molecular weight is 170 g/mol. The van der Waals surface area contributed by atoms with Gasteiger partial charge in [0, 0.05) is 16.3 Å². The first-order valence-corrected chi connectivity index (χ1v) is 3.89. The van der Waals surface area contributed by atoms with Crippen LogP contribution in [-0.2, 0) is 0 Å². The van der Waals surface area contributed by atoms with Gasteiger partial charge in [0.25, 0.3) is 0 Å². The van der Waals surface area contributed by atoms with Gasteiger partial charge >= 0.3 is 0 Å². The van der Waals surface area contributed by atoms with Crippen molar-refractivity contribution < 1.29 is 0 Å². The Hall–Kier alpha value is -0.780. The minimum Gasteiger partial charge on any atom is -0.193 e. The molecule has 0 N–H and O–H groups in total. The second-order valence-electron chi connectivity index (χ2n) is 1.63. The molecule has 1 aromatic heterocycles. The second-order valence-corrected chi connectivity index (χ2v) is 3.01. The SMILES string of the molecule is N#C/C=C/c1cc(Cl)cs1. The molecule has 3 heteroatoms. The average Bonchev–Trinajstić information content (AvgIpc) is 2.31. The van der Waals surface area contributed by atoms with Gasteiger partial charge in [0.15, 0.2) is 0 Å². The lowest BCUT2D eigenvalue weighted by Crippen LogP contribution is -1.53. The summed E-state index contributed by atoms with van der Waals surface area (Å²) in [6.45, 7) is 0. The van der Waals surface area contributed by atoms with E-state index < -0.39 is 0 Å². The summed E-state index contributed by atoms with van der Waals surface area (Å²) < 4.78 is 0. The summed E-state index contributed by atoms with van der Waals surface area (Å²) in [5.74, 6) is 0. The summed E-state index contributed by atoms with van der Waals surface area (Å²) in [4.78, 5) is 1.01. The molecule has 0 aliphatic carbocycles. The van der Waals surface area contributed by atoms with Gasteiger partial charge in [-0.05, 0) is 12.1 Å². The van der Waals surface area contributed by atoms with Gasteiger partial charge in [0.2, 0.25) is 0 Å². The summed E-state index contributed by atoms with van der Waals surface area (Å²) in [5, 5.41) is 10.7. The zero-order valence-corrected chi connectivity index (χ0v) is 6.62. The number of hydrogen-bond acceptors (Lipinski definition) is 2. The van der Waals surface area contributed by atoms with Crippen LogP contribution < -0.4 is 0 Å². The summed E-state index contributed by atoms with van der Waals surface area (Å²) in [7, 11) is 0. The predicted octanol–water partition coefficient (Wildman–Crippen LogP) is 2.94. The zero-order chi connectivity index (χ0) is 7.40. The molecule has 0 aliphatic rings. The van der Waals surface area contributed by atoms with Crippen LogP contribution in [0, 0.1) is 11.3 Å². The molecule has 0 saturated heterocycles. The molecule has 1 nitrogen and oxygen atoms in total. The molecule has 0 bridgehead atoms. The number of hydrogen-bond donors (Lipinski definition) is 0. The molecule has 10 heavy (non-hydrogen) atoms. The first-order chi connectivity index (χ1) is 4.83. The van der Waals surface area contributed by atoms with Gasteiger partial charge in [-0.15, -0.1) is 11.3 Å². The van der Waals surface area contributed by atoms with Crippen molar-refractivity contribution in [3.05, 3.63) is 27.4 Å². The lowest BCUT2D eigenvalue weighted by atomic mass is 10.4. The standard InChI is InChI=1S/C7H4ClNS/c8-6-4-7(10-5-6)2-1-3-9/h1-2,4-5H/b2-1+. The van der Waals surface area contributed by atoms with E-state index in [1.165, 1.54) is 17.4 Å². The van der Waals surface area contributed by atoms with Crippen LogP contribution in [0.1, 0.15) is 4.88 Å². The molecule has 1 aromatic rings. The number of nitriles is 1. The van der Waals surface area contributed by atoms with E-state index in [4.69, 9.17) is 16.9 Å². The highest BCUT2D eigenvalue weighted by molar-refractivity contribution is 7.11. The molecule has 0 aliphatic heterocycles. The molecule has 0 saturated carbocycles. The monoisotopic (exact) mass is 169 g/mol. The van der Waals surface area contributed by atoms with Gasteiger partial charge < -0.3 is 0 Å². The van der Waals surface area contributed by atoms with Crippen LogP contribution in [0.3, 0.4) is 0 Å². The lowest BCUT2D eigenvalue weighted by Gasteiger charge is -1.74. The number of rotatable bonds is 1. The second kappa shape index (κ2) is 3.40. The Balaban J connectivity index is 2.78. The van der Waals surface area contributed by atoms with Crippen LogP contribution in [-0.4, -0.2) is 0 Å². The Labute approximate surface area is 68.2 Å². The van der Waals surface area contributed by atoms with E-state index >= 15 is 0 Å². The van der Waals surface area contributed by atoms with E-state index in [2.05, 4.69) is 0 Å². The third-order valence-electron chi connectivity index (χ3n) is 0.910. The maximum absolute atomic E-state index is 8.17. The molecule has 0 spiro atoms.